The molecule has 2 aliphatic heterocycles. The Balaban J connectivity index is 1.70. The first kappa shape index (κ1) is 28.0. The molecule has 1 aromatic heterocycles. The van der Waals surface area contributed by atoms with Crippen LogP contribution in [-0.2, 0) is 25.7 Å². The summed E-state index contributed by atoms with van der Waals surface area (Å²) >= 11 is 9.51. The molecule has 39 heavy (non-hydrogen) atoms. The van der Waals surface area contributed by atoms with Crippen molar-refractivity contribution in [2.45, 2.75) is 29.3 Å². The fourth-order valence-corrected chi connectivity index (χ4v) is 8.65. The summed E-state index contributed by atoms with van der Waals surface area (Å²) in [5, 5.41) is 2.67. The number of carbonyl (C=O) groups is 1. The van der Waals surface area contributed by atoms with Crippen LogP contribution >= 0.6 is 27.5 Å². The first-order chi connectivity index (χ1) is 18.3. The maximum atomic E-state index is 13.8. The number of halogens is 2. The fraction of sp³-hybridized carbons (Fsp3) is 0.280. The van der Waals surface area contributed by atoms with E-state index in [0.717, 1.165) is 24.3 Å². The van der Waals surface area contributed by atoms with E-state index in [1.54, 1.807) is 24.3 Å². The van der Waals surface area contributed by atoms with Crippen LogP contribution in [0.4, 0.5) is 0 Å². The summed E-state index contributed by atoms with van der Waals surface area (Å²) < 4.78 is 58.5. The molecule has 0 saturated carbocycles. The van der Waals surface area contributed by atoms with Crippen LogP contribution in [0.15, 0.2) is 73.7 Å². The van der Waals surface area contributed by atoms with Crippen molar-refractivity contribution in [3.05, 3.63) is 91.3 Å². The van der Waals surface area contributed by atoms with Gasteiger partial charge in [-0.3, -0.25) is 14.2 Å². The summed E-state index contributed by atoms with van der Waals surface area (Å²) in [5.41, 5.74) is -0.885. The normalized spacial score (nSPS) is 18.1. The first-order valence-corrected chi connectivity index (χ1v) is 15.9. The molecule has 3 heterocycles. The third-order valence-electron chi connectivity index (χ3n) is 6.89. The molecule has 1 fully saturated rings. The largest absolute Gasteiger partial charge is 0.325 e. The van der Waals surface area contributed by atoms with Gasteiger partial charge in [0.15, 0.2) is 0 Å². The lowest BCUT2D eigenvalue weighted by Gasteiger charge is -2.35. The molecule has 1 saturated heterocycles. The minimum atomic E-state index is -4.16. The number of benzene rings is 2. The minimum Gasteiger partial charge on any atom is -0.325 e. The Labute approximate surface area is 239 Å². The molecule has 10 nitrogen and oxygen atoms in total. The summed E-state index contributed by atoms with van der Waals surface area (Å²) in [5.74, 6) is -0.716. The Hall–Kier alpha value is -2.55. The predicted octanol–water partition coefficient (Wildman–Crippen LogP) is 2.67. The predicted molar refractivity (Wildman–Crippen MR) is 149 cm³/mol. The SMILES string of the molecule is Cc1ccc(S(=O)(=O)N2CCN(S(=O)(=O)c3ccc(C)cc3)CC3(C2)NC(=O)c2c(Cl)cc(Br)c(=O)n23)cc1. The lowest BCUT2D eigenvalue weighted by atomic mass is 10.1. The van der Waals surface area contributed by atoms with Crippen LogP contribution < -0.4 is 10.9 Å². The van der Waals surface area contributed by atoms with E-state index >= 15 is 0 Å². The second-order valence-electron chi connectivity index (χ2n) is 9.62. The average molecular weight is 656 g/mol. The number of aromatic nitrogens is 1. The Kier molecular flexibility index (Phi) is 7.05. The molecule has 0 unspecified atom stereocenters. The number of nitrogens with one attached hydrogen (secondary N) is 1. The average Bonchev–Trinajstić information content (AvgIpc) is 3.02. The van der Waals surface area contributed by atoms with Crippen molar-refractivity contribution >= 4 is 53.5 Å². The molecular weight excluding hydrogens is 632 g/mol. The third kappa shape index (κ3) is 4.74. The van der Waals surface area contributed by atoms with Gasteiger partial charge in [0.05, 0.1) is 32.4 Å². The molecule has 0 atom stereocenters. The van der Waals surface area contributed by atoms with Gasteiger partial charge in [0.25, 0.3) is 11.5 Å². The van der Waals surface area contributed by atoms with Crippen LogP contribution in [-0.4, -0.2) is 62.1 Å². The first-order valence-electron chi connectivity index (χ1n) is 11.8. The molecule has 206 valence electrons. The van der Waals surface area contributed by atoms with Gasteiger partial charge >= 0.3 is 0 Å². The molecule has 2 aromatic carbocycles. The molecule has 1 amide bonds. The van der Waals surface area contributed by atoms with Crippen LogP contribution in [0.5, 0.6) is 0 Å². The van der Waals surface area contributed by atoms with E-state index in [-0.39, 0.29) is 38.1 Å². The summed E-state index contributed by atoms with van der Waals surface area (Å²) in [4.78, 5) is 26.6. The zero-order chi connectivity index (χ0) is 28.3. The Bertz CT molecular complexity index is 1670. The van der Waals surface area contributed by atoms with Gasteiger partial charge in [0.1, 0.15) is 11.4 Å². The van der Waals surface area contributed by atoms with Crippen molar-refractivity contribution in [3.63, 3.8) is 0 Å². The number of pyridine rings is 1. The number of sulfonamides is 2. The quantitative estimate of drug-likeness (QED) is 0.461. The Morgan fingerprint density at radius 2 is 1.26 bits per heavy atom. The number of aryl methyl sites for hydroxylation is 2. The topological polar surface area (TPSA) is 126 Å². The molecule has 5 rings (SSSR count). The zero-order valence-electron chi connectivity index (χ0n) is 20.9. The van der Waals surface area contributed by atoms with E-state index < -0.39 is 50.3 Å². The van der Waals surface area contributed by atoms with Crippen molar-refractivity contribution in [1.82, 2.24) is 18.5 Å². The highest BCUT2D eigenvalue weighted by molar-refractivity contribution is 9.10. The van der Waals surface area contributed by atoms with Gasteiger partial charge in [0.2, 0.25) is 20.0 Å². The Morgan fingerprint density at radius 1 is 0.821 bits per heavy atom. The lowest BCUT2D eigenvalue weighted by Crippen LogP contribution is -2.59. The van der Waals surface area contributed by atoms with Gasteiger partial charge in [-0.05, 0) is 60.1 Å². The lowest BCUT2D eigenvalue weighted by molar-refractivity contribution is 0.0895. The van der Waals surface area contributed by atoms with Gasteiger partial charge in [0, 0.05) is 13.1 Å². The second kappa shape index (κ2) is 9.82. The molecule has 0 aliphatic carbocycles. The highest BCUT2D eigenvalue weighted by Gasteiger charge is 2.52. The standard InChI is InChI=1S/C25H24BrClN4O6S2/c1-16-3-7-18(8-4-16)38(34,35)29-11-12-30(39(36,37)19-9-5-17(2)6-10-19)15-25(14-29)28-23(32)22-21(27)13-20(26)24(33)31(22)25/h3-10,13H,11-12,14-15H2,1-2H3,(H,28,32). The molecule has 0 radical (unpaired) electrons. The molecule has 2 aliphatic rings. The van der Waals surface area contributed by atoms with E-state index in [1.807, 2.05) is 13.8 Å². The van der Waals surface area contributed by atoms with Crippen LogP contribution in [0.25, 0.3) is 0 Å². The molecule has 14 heteroatoms. The van der Waals surface area contributed by atoms with E-state index in [9.17, 15) is 26.4 Å². The fourth-order valence-electron chi connectivity index (χ4n) is 4.87. The number of carbonyl (C=O) groups excluding carboxylic acids is 1. The van der Waals surface area contributed by atoms with Gasteiger partial charge in [-0.25, -0.2) is 16.8 Å². The van der Waals surface area contributed by atoms with Crippen molar-refractivity contribution in [3.8, 4) is 0 Å². The molecule has 0 bridgehead atoms. The summed E-state index contributed by atoms with van der Waals surface area (Å²) in [7, 11) is -8.31. The number of fused-ring (bicyclic) bond motifs is 2. The van der Waals surface area contributed by atoms with Crippen LogP contribution in [0.1, 0.15) is 21.6 Å². The molecular formula is C25H24BrClN4O6S2. The van der Waals surface area contributed by atoms with Crippen LogP contribution in [0, 0.1) is 13.8 Å². The van der Waals surface area contributed by atoms with Crippen molar-refractivity contribution < 1.29 is 21.6 Å². The van der Waals surface area contributed by atoms with Crippen molar-refractivity contribution in [2.24, 2.45) is 0 Å². The Morgan fingerprint density at radius 3 is 1.69 bits per heavy atom. The van der Waals surface area contributed by atoms with Crippen molar-refractivity contribution in [2.75, 3.05) is 26.2 Å². The highest BCUT2D eigenvalue weighted by Crippen LogP contribution is 2.34. The van der Waals surface area contributed by atoms with Gasteiger partial charge < -0.3 is 5.32 Å². The van der Waals surface area contributed by atoms with Crippen LogP contribution in [0.3, 0.4) is 0 Å². The second-order valence-corrected chi connectivity index (χ2v) is 14.8. The van der Waals surface area contributed by atoms with E-state index in [1.165, 1.54) is 30.3 Å². The number of amides is 1. The minimum absolute atomic E-state index is 0.00209. The summed E-state index contributed by atoms with van der Waals surface area (Å²) in [6, 6.07) is 13.8. The van der Waals surface area contributed by atoms with E-state index in [0.29, 0.717) is 0 Å². The highest BCUT2D eigenvalue weighted by atomic mass is 79.9. The summed E-state index contributed by atoms with van der Waals surface area (Å²) in [6.07, 6.45) is 0. The third-order valence-corrected chi connectivity index (χ3v) is 11.5. The number of rotatable bonds is 4. The van der Waals surface area contributed by atoms with Gasteiger partial charge in [-0.2, -0.15) is 8.61 Å². The van der Waals surface area contributed by atoms with E-state index in [4.69, 9.17) is 11.6 Å². The van der Waals surface area contributed by atoms with Crippen LogP contribution in [0.2, 0.25) is 5.02 Å². The molecule has 1 spiro atoms. The van der Waals surface area contributed by atoms with E-state index in [2.05, 4.69) is 21.2 Å². The zero-order valence-corrected chi connectivity index (χ0v) is 24.9. The monoisotopic (exact) mass is 654 g/mol. The van der Waals surface area contributed by atoms with Gasteiger partial charge in [-0.1, -0.05) is 47.0 Å². The maximum absolute atomic E-state index is 13.8. The number of nitrogens with zero attached hydrogens (tertiary/aromatic N) is 3. The van der Waals surface area contributed by atoms with Gasteiger partial charge in [-0.15, -0.1) is 0 Å². The number of hydrogen-bond donors (Lipinski definition) is 1. The smallest absolute Gasteiger partial charge is 0.271 e. The number of hydrogen-bond acceptors (Lipinski definition) is 6. The maximum Gasteiger partial charge on any atom is 0.271 e. The molecule has 1 N–H and O–H groups in total. The summed E-state index contributed by atoms with van der Waals surface area (Å²) in [6.45, 7) is 2.40. The molecule has 3 aromatic rings. The van der Waals surface area contributed by atoms with Crippen molar-refractivity contribution in [1.29, 1.82) is 0 Å².